The molecule has 1 amide bonds. The van der Waals surface area contributed by atoms with Crippen molar-refractivity contribution in [3.63, 3.8) is 0 Å². The smallest absolute Gasteiger partial charge is 0.416 e. The van der Waals surface area contributed by atoms with Crippen molar-refractivity contribution in [1.29, 1.82) is 0 Å². The Labute approximate surface area is 154 Å². The maximum atomic E-state index is 12.8. The Morgan fingerprint density at radius 3 is 2.30 bits per heavy atom. The number of methoxy groups -OCH3 is 2. The number of hydrogen-bond acceptors (Lipinski definition) is 4. The summed E-state index contributed by atoms with van der Waals surface area (Å²) < 4.78 is 48.2. The molecule has 0 spiro atoms. The minimum atomic E-state index is -4.57. The van der Waals surface area contributed by atoms with Gasteiger partial charge in [-0.05, 0) is 35.9 Å². The molecule has 0 radical (unpaired) electrons. The van der Waals surface area contributed by atoms with Gasteiger partial charge in [0, 0.05) is 12.0 Å². The molecule has 0 saturated heterocycles. The van der Waals surface area contributed by atoms with Gasteiger partial charge in [0.2, 0.25) is 0 Å². The molecule has 0 bridgehead atoms. The summed E-state index contributed by atoms with van der Waals surface area (Å²) in [6.45, 7) is 0. The summed E-state index contributed by atoms with van der Waals surface area (Å²) in [7, 11) is 2.68. The van der Waals surface area contributed by atoms with E-state index in [9.17, 15) is 22.8 Å². The first-order valence-electron chi connectivity index (χ1n) is 7.93. The lowest BCUT2D eigenvalue weighted by molar-refractivity contribution is -0.143. The number of ether oxygens (including phenoxy) is 2. The Morgan fingerprint density at radius 1 is 1.07 bits per heavy atom. The van der Waals surface area contributed by atoms with Crippen LogP contribution in [0.4, 0.5) is 13.2 Å². The lowest BCUT2D eigenvalue weighted by Gasteiger charge is -2.17. The summed E-state index contributed by atoms with van der Waals surface area (Å²) in [5.74, 6) is -0.877. The van der Waals surface area contributed by atoms with Crippen LogP contribution in [0.1, 0.15) is 21.5 Å². The fraction of sp³-hybridized carbons (Fsp3) is 0.263. The Morgan fingerprint density at radius 2 is 1.74 bits per heavy atom. The fourth-order valence-corrected chi connectivity index (χ4v) is 2.41. The van der Waals surface area contributed by atoms with Crippen molar-refractivity contribution in [2.24, 2.45) is 0 Å². The van der Waals surface area contributed by atoms with E-state index in [1.54, 1.807) is 24.3 Å². The van der Waals surface area contributed by atoms with Gasteiger partial charge in [0.05, 0.1) is 19.8 Å². The molecule has 0 aromatic heterocycles. The number of nitrogens with one attached hydrogen (secondary N) is 1. The summed E-state index contributed by atoms with van der Waals surface area (Å²) in [6, 6.07) is 9.74. The number of rotatable bonds is 6. The average Bonchev–Trinajstić information content (AvgIpc) is 2.66. The number of alkyl halides is 3. The van der Waals surface area contributed by atoms with Gasteiger partial charge in [-0.3, -0.25) is 4.79 Å². The molecule has 0 unspecified atom stereocenters. The molecule has 0 aliphatic carbocycles. The zero-order chi connectivity index (χ0) is 20.0. The zero-order valence-corrected chi connectivity index (χ0v) is 14.7. The lowest BCUT2D eigenvalue weighted by atomic mass is 10.0. The normalized spacial score (nSPS) is 12.2. The van der Waals surface area contributed by atoms with E-state index in [1.807, 2.05) is 0 Å². The minimum Gasteiger partial charge on any atom is -0.497 e. The van der Waals surface area contributed by atoms with Crippen molar-refractivity contribution < 1.29 is 32.2 Å². The molecule has 8 heteroatoms. The molecule has 5 nitrogen and oxygen atoms in total. The van der Waals surface area contributed by atoms with Gasteiger partial charge in [-0.25, -0.2) is 4.79 Å². The van der Waals surface area contributed by atoms with Gasteiger partial charge in [0.1, 0.15) is 11.8 Å². The first-order valence-corrected chi connectivity index (χ1v) is 7.93. The zero-order valence-electron chi connectivity index (χ0n) is 14.7. The molecule has 0 saturated carbocycles. The molecular weight excluding hydrogens is 363 g/mol. The van der Waals surface area contributed by atoms with Crippen molar-refractivity contribution in [3.05, 3.63) is 65.2 Å². The standard InChI is InChI=1S/C19H18F3NO4/c1-26-15-8-6-12(7-9-15)10-16(18(25)27-2)23-17(24)13-4-3-5-14(11-13)19(20,21)22/h3-9,11,16H,10H2,1-2H3,(H,23,24)/t16-/m0/s1. The highest BCUT2D eigenvalue weighted by Crippen LogP contribution is 2.29. The van der Waals surface area contributed by atoms with E-state index in [4.69, 9.17) is 4.74 Å². The van der Waals surface area contributed by atoms with Gasteiger partial charge >= 0.3 is 12.1 Å². The summed E-state index contributed by atoms with van der Waals surface area (Å²) in [5, 5.41) is 2.43. The van der Waals surface area contributed by atoms with E-state index in [0.29, 0.717) is 5.75 Å². The number of esters is 1. The molecule has 2 aromatic carbocycles. The SMILES string of the molecule is COC(=O)[C@H](Cc1ccc(OC)cc1)NC(=O)c1cccc(C(F)(F)F)c1. The van der Waals surface area contributed by atoms with Gasteiger partial charge in [0.25, 0.3) is 5.91 Å². The van der Waals surface area contributed by atoms with Crippen molar-refractivity contribution >= 4 is 11.9 Å². The van der Waals surface area contributed by atoms with Crippen LogP contribution in [0.5, 0.6) is 5.75 Å². The number of halogens is 3. The van der Waals surface area contributed by atoms with Gasteiger partial charge in [0.15, 0.2) is 0 Å². The predicted octanol–water partition coefficient (Wildman–Crippen LogP) is 3.23. The Kier molecular flexibility index (Phi) is 6.44. The van der Waals surface area contributed by atoms with Gasteiger partial charge in [-0.15, -0.1) is 0 Å². The van der Waals surface area contributed by atoms with Crippen LogP contribution in [0.15, 0.2) is 48.5 Å². The van der Waals surface area contributed by atoms with E-state index < -0.39 is 29.7 Å². The van der Waals surface area contributed by atoms with Crippen LogP contribution in [0.25, 0.3) is 0 Å². The third kappa shape index (κ3) is 5.47. The van der Waals surface area contributed by atoms with Crippen LogP contribution < -0.4 is 10.1 Å². The van der Waals surface area contributed by atoms with Crippen LogP contribution in [-0.4, -0.2) is 32.1 Å². The number of carbonyl (C=O) groups is 2. The molecule has 0 fully saturated rings. The Bertz CT molecular complexity index is 803. The highest BCUT2D eigenvalue weighted by atomic mass is 19.4. The summed E-state index contributed by atoms with van der Waals surface area (Å²) in [6.07, 6.45) is -4.46. The number of amides is 1. The molecule has 2 rings (SSSR count). The van der Waals surface area contributed by atoms with Crippen LogP contribution in [0, 0.1) is 0 Å². The third-order valence-corrected chi connectivity index (χ3v) is 3.84. The highest BCUT2D eigenvalue weighted by molar-refractivity contribution is 5.97. The van der Waals surface area contributed by atoms with Crippen LogP contribution in [-0.2, 0) is 22.1 Å². The highest BCUT2D eigenvalue weighted by Gasteiger charge is 2.31. The fourth-order valence-electron chi connectivity index (χ4n) is 2.41. The van der Waals surface area contributed by atoms with Crippen molar-refractivity contribution in [2.75, 3.05) is 14.2 Å². The average molecular weight is 381 g/mol. The van der Waals surface area contributed by atoms with Crippen LogP contribution in [0.3, 0.4) is 0 Å². The first kappa shape index (κ1) is 20.3. The summed E-state index contributed by atoms with van der Waals surface area (Å²) >= 11 is 0. The van der Waals surface area contributed by atoms with E-state index in [0.717, 1.165) is 23.8 Å². The quantitative estimate of drug-likeness (QED) is 0.781. The molecule has 0 heterocycles. The molecule has 27 heavy (non-hydrogen) atoms. The Balaban J connectivity index is 2.17. The van der Waals surface area contributed by atoms with Crippen LogP contribution in [0.2, 0.25) is 0 Å². The molecule has 0 aliphatic heterocycles. The first-order chi connectivity index (χ1) is 12.7. The molecular formula is C19H18F3NO4. The Hall–Kier alpha value is -3.03. The van der Waals surface area contributed by atoms with E-state index >= 15 is 0 Å². The van der Waals surface area contributed by atoms with Gasteiger partial charge in [-0.2, -0.15) is 13.2 Å². The summed E-state index contributed by atoms with van der Waals surface area (Å²) in [4.78, 5) is 24.3. The summed E-state index contributed by atoms with van der Waals surface area (Å²) in [5.41, 5.74) is -0.427. The van der Waals surface area contributed by atoms with Gasteiger partial charge < -0.3 is 14.8 Å². The third-order valence-electron chi connectivity index (χ3n) is 3.84. The molecule has 1 atom stereocenters. The van der Waals surface area contributed by atoms with E-state index in [1.165, 1.54) is 20.3 Å². The monoisotopic (exact) mass is 381 g/mol. The predicted molar refractivity (Wildman–Crippen MR) is 91.4 cm³/mol. The minimum absolute atomic E-state index is 0.112. The lowest BCUT2D eigenvalue weighted by Crippen LogP contribution is -2.43. The maximum Gasteiger partial charge on any atom is 0.416 e. The van der Waals surface area contributed by atoms with E-state index in [2.05, 4.69) is 10.1 Å². The molecule has 144 valence electrons. The molecule has 0 aliphatic rings. The topological polar surface area (TPSA) is 64.6 Å². The van der Waals surface area contributed by atoms with Crippen molar-refractivity contribution in [2.45, 2.75) is 18.6 Å². The largest absolute Gasteiger partial charge is 0.497 e. The second-order valence-electron chi connectivity index (χ2n) is 5.68. The number of benzene rings is 2. The molecule has 2 aromatic rings. The van der Waals surface area contributed by atoms with E-state index in [-0.39, 0.29) is 12.0 Å². The maximum absolute atomic E-state index is 12.8. The second-order valence-corrected chi connectivity index (χ2v) is 5.68. The molecule has 1 N–H and O–H groups in total. The van der Waals surface area contributed by atoms with Gasteiger partial charge in [-0.1, -0.05) is 18.2 Å². The second kappa shape index (κ2) is 8.57. The number of hydrogen-bond donors (Lipinski definition) is 1. The van der Waals surface area contributed by atoms with Crippen molar-refractivity contribution in [1.82, 2.24) is 5.32 Å². The number of carbonyl (C=O) groups excluding carboxylic acids is 2. The van der Waals surface area contributed by atoms with Crippen LogP contribution >= 0.6 is 0 Å². The van der Waals surface area contributed by atoms with Crippen molar-refractivity contribution in [3.8, 4) is 5.75 Å².